The summed E-state index contributed by atoms with van der Waals surface area (Å²) < 4.78 is 5.77. The molecule has 0 atom stereocenters. The molecule has 1 aromatic carbocycles. The van der Waals surface area contributed by atoms with E-state index in [1.54, 1.807) is 6.20 Å². The van der Waals surface area contributed by atoms with Crippen LogP contribution in [0.25, 0.3) is 10.9 Å². The second-order valence-electron chi connectivity index (χ2n) is 2.86. The fourth-order valence-electron chi connectivity index (χ4n) is 1.40. The van der Waals surface area contributed by atoms with Crippen LogP contribution in [-0.2, 0) is 4.74 Å². The molecule has 2 rings (SSSR count). The summed E-state index contributed by atoms with van der Waals surface area (Å²) in [5.74, 6) is -0.307. The smallest absolute Gasteiger partial charge is 0.340 e. The maximum absolute atomic E-state index is 11.4. The van der Waals surface area contributed by atoms with E-state index in [-0.39, 0.29) is 5.97 Å². The summed E-state index contributed by atoms with van der Waals surface area (Å²) >= 11 is 2.22. The van der Waals surface area contributed by atoms with Gasteiger partial charge in [-0.3, -0.25) is 0 Å². The van der Waals surface area contributed by atoms with Crippen molar-refractivity contribution < 1.29 is 9.53 Å². The molecule has 0 radical (unpaired) electrons. The monoisotopic (exact) mass is 301 g/mol. The first-order valence-corrected chi connectivity index (χ1v) is 5.16. The molecule has 1 heterocycles. The molecule has 0 saturated carbocycles. The second kappa shape index (κ2) is 3.61. The summed E-state index contributed by atoms with van der Waals surface area (Å²) in [4.78, 5) is 14.4. The van der Waals surface area contributed by atoms with Crippen LogP contribution in [0.5, 0.6) is 0 Å². The second-order valence-corrected chi connectivity index (χ2v) is 4.02. The maximum Gasteiger partial charge on any atom is 0.340 e. The molecule has 4 heteroatoms. The molecule has 0 aliphatic rings. The minimum atomic E-state index is -0.307. The summed E-state index contributed by atoms with van der Waals surface area (Å²) in [6, 6.07) is 5.81. The lowest BCUT2D eigenvalue weighted by Crippen LogP contribution is -1.99. The van der Waals surface area contributed by atoms with Crippen molar-refractivity contribution in [1.29, 1.82) is 0 Å². The normalized spacial score (nSPS) is 10.4. The van der Waals surface area contributed by atoms with Gasteiger partial charge in [0.1, 0.15) is 0 Å². The van der Waals surface area contributed by atoms with E-state index < -0.39 is 0 Å². The molecule has 3 nitrogen and oxygen atoms in total. The van der Waals surface area contributed by atoms with E-state index >= 15 is 0 Å². The molecule has 1 aromatic heterocycles. The van der Waals surface area contributed by atoms with Gasteiger partial charge in [-0.2, -0.15) is 0 Å². The van der Waals surface area contributed by atoms with Crippen molar-refractivity contribution in [2.45, 2.75) is 0 Å². The largest absolute Gasteiger partial charge is 0.465 e. The van der Waals surface area contributed by atoms with Crippen LogP contribution in [0.1, 0.15) is 10.4 Å². The predicted octanol–water partition coefficient (Wildman–Crippen LogP) is 2.56. The van der Waals surface area contributed by atoms with E-state index in [0.717, 1.165) is 14.5 Å². The van der Waals surface area contributed by atoms with Gasteiger partial charge in [0.2, 0.25) is 0 Å². The number of halogens is 1. The van der Waals surface area contributed by atoms with Gasteiger partial charge in [-0.15, -0.1) is 0 Å². The number of carbonyl (C=O) groups is 1. The fourth-order valence-corrected chi connectivity index (χ4v) is 2.05. The molecule has 1 N–H and O–H groups in total. The number of ether oxygens (including phenoxy) is 1. The number of fused-ring (bicyclic) bond motifs is 1. The van der Waals surface area contributed by atoms with Gasteiger partial charge < -0.3 is 9.72 Å². The minimum Gasteiger partial charge on any atom is -0.465 e. The Labute approximate surface area is 94.6 Å². The highest BCUT2D eigenvalue weighted by molar-refractivity contribution is 14.1. The lowest BCUT2D eigenvalue weighted by molar-refractivity contribution is 0.0603. The van der Waals surface area contributed by atoms with Crippen LogP contribution in [0.2, 0.25) is 0 Å². The SMILES string of the molecule is COC(=O)c1c[nH]c2c(I)cccc12. The third-order valence-electron chi connectivity index (χ3n) is 2.07. The lowest BCUT2D eigenvalue weighted by Gasteiger charge is -1.96. The van der Waals surface area contributed by atoms with Crippen LogP contribution < -0.4 is 0 Å². The number of aromatic amines is 1. The molecule has 0 aliphatic carbocycles. The van der Waals surface area contributed by atoms with E-state index in [1.165, 1.54) is 7.11 Å². The van der Waals surface area contributed by atoms with Gasteiger partial charge in [0.15, 0.2) is 0 Å². The average Bonchev–Trinajstić information content (AvgIpc) is 2.62. The van der Waals surface area contributed by atoms with Crippen LogP contribution in [0.4, 0.5) is 0 Å². The molecule has 0 saturated heterocycles. The van der Waals surface area contributed by atoms with Crippen molar-refractivity contribution in [2.75, 3.05) is 7.11 Å². The van der Waals surface area contributed by atoms with Crippen molar-refractivity contribution in [3.63, 3.8) is 0 Å². The Morgan fingerprint density at radius 2 is 2.29 bits per heavy atom. The zero-order valence-electron chi connectivity index (χ0n) is 7.50. The van der Waals surface area contributed by atoms with Crippen molar-refractivity contribution in [3.8, 4) is 0 Å². The zero-order valence-corrected chi connectivity index (χ0v) is 9.66. The van der Waals surface area contributed by atoms with Crippen molar-refractivity contribution in [1.82, 2.24) is 4.98 Å². The van der Waals surface area contributed by atoms with Gasteiger partial charge in [0.25, 0.3) is 0 Å². The number of H-pyrrole nitrogens is 1. The molecule has 14 heavy (non-hydrogen) atoms. The highest BCUT2D eigenvalue weighted by Crippen LogP contribution is 2.23. The minimum absolute atomic E-state index is 0.307. The summed E-state index contributed by atoms with van der Waals surface area (Å²) in [6.45, 7) is 0. The van der Waals surface area contributed by atoms with Gasteiger partial charge in [-0.25, -0.2) is 4.79 Å². The molecule has 0 unspecified atom stereocenters. The number of methoxy groups -OCH3 is 1. The quantitative estimate of drug-likeness (QED) is 0.650. The lowest BCUT2D eigenvalue weighted by atomic mass is 10.2. The standard InChI is InChI=1S/C10H8INO2/c1-14-10(13)7-5-12-9-6(7)3-2-4-8(9)11/h2-5,12H,1H3. The molecule has 2 aromatic rings. The molecule has 72 valence electrons. The predicted molar refractivity (Wildman–Crippen MR) is 62.4 cm³/mol. The zero-order chi connectivity index (χ0) is 10.1. The Balaban J connectivity index is 2.70. The van der Waals surface area contributed by atoms with Crippen molar-refractivity contribution in [2.24, 2.45) is 0 Å². The first-order chi connectivity index (χ1) is 6.74. The Morgan fingerprint density at radius 1 is 1.50 bits per heavy atom. The van der Waals surface area contributed by atoms with Gasteiger partial charge in [0, 0.05) is 15.2 Å². The average molecular weight is 301 g/mol. The van der Waals surface area contributed by atoms with E-state index in [1.807, 2.05) is 18.2 Å². The number of esters is 1. The number of benzene rings is 1. The maximum atomic E-state index is 11.4. The Morgan fingerprint density at radius 3 is 3.00 bits per heavy atom. The third-order valence-corrected chi connectivity index (χ3v) is 2.97. The molecule has 0 spiro atoms. The van der Waals surface area contributed by atoms with Gasteiger partial charge in [-0.1, -0.05) is 12.1 Å². The van der Waals surface area contributed by atoms with Crippen LogP contribution in [0, 0.1) is 3.57 Å². The topological polar surface area (TPSA) is 42.1 Å². The van der Waals surface area contributed by atoms with E-state index in [4.69, 9.17) is 0 Å². The highest BCUT2D eigenvalue weighted by Gasteiger charge is 2.12. The molecular formula is C10H8INO2. The summed E-state index contributed by atoms with van der Waals surface area (Å²) in [5.41, 5.74) is 1.56. The number of nitrogens with one attached hydrogen (secondary N) is 1. The number of rotatable bonds is 1. The molecule has 0 bridgehead atoms. The first-order valence-electron chi connectivity index (χ1n) is 4.08. The number of carbonyl (C=O) groups excluding carboxylic acids is 1. The van der Waals surface area contributed by atoms with Crippen molar-refractivity contribution >= 4 is 39.5 Å². The number of hydrogen-bond acceptors (Lipinski definition) is 2. The molecule has 0 fully saturated rings. The van der Waals surface area contributed by atoms with E-state index in [2.05, 4.69) is 32.3 Å². The summed E-state index contributed by atoms with van der Waals surface area (Å²) in [7, 11) is 1.38. The van der Waals surface area contributed by atoms with Gasteiger partial charge in [-0.05, 0) is 28.7 Å². The Kier molecular flexibility index (Phi) is 2.45. The van der Waals surface area contributed by atoms with Crippen LogP contribution in [-0.4, -0.2) is 18.1 Å². The molecular weight excluding hydrogens is 293 g/mol. The van der Waals surface area contributed by atoms with Crippen LogP contribution in [0.15, 0.2) is 24.4 Å². The third kappa shape index (κ3) is 1.39. The van der Waals surface area contributed by atoms with Gasteiger partial charge >= 0.3 is 5.97 Å². The van der Waals surface area contributed by atoms with Crippen LogP contribution in [0.3, 0.4) is 0 Å². The summed E-state index contributed by atoms with van der Waals surface area (Å²) in [5, 5.41) is 0.906. The van der Waals surface area contributed by atoms with E-state index in [0.29, 0.717) is 5.56 Å². The Bertz CT molecular complexity index is 490. The Hall–Kier alpha value is -1.04. The van der Waals surface area contributed by atoms with Crippen LogP contribution >= 0.6 is 22.6 Å². The summed E-state index contributed by atoms with van der Waals surface area (Å²) in [6.07, 6.45) is 1.68. The van der Waals surface area contributed by atoms with Crippen molar-refractivity contribution in [3.05, 3.63) is 33.5 Å². The van der Waals surface area contributed by atoms with Gasteiger partial charge in [0.05, 0.1) is 18.2 Å². The highest BCUT2D eigenvalue weighted by atomic mass is 127. The van der Waals surface area contributed by atoms with E-state index in [9.17, 15) is 4.79 Å². The first kappa shape index (κ1) is 9.51. The number of aromatic nitrogens is 1. The number of hydrogen-bond donors (Lipinski definition) is 1. The fraction of sp³-hybridized carbons (Fsp3) is 0.100. The number of para-hydroxylation sites is 1. The molecule has 0 amide bonds. The molecule has 0 aliphatic heterocycles.